The first-order chi connectivity index (χ1) is 16.5. The first kappa shape index (κ1) is 24.1. The fourth-order valence-electron chi connectivity index (χ4n) is 4.91. The molecule has 0 fully saturated rings. The summed E-state index contributed by atoms with van der Waals surface area (Å²) in [4.78, 5) is 4.67. The smallest absolute Gasteiger partial charge is 0.149 e. The van der Waals surface area contributed by atoms with Crippen LogP contribution in [0.5, 0.6) is 11.5 Å². The molecule has 2 atom stereocenters. The third kappa shape index (κ3) is 5.36. The lowest BCUT2D eigenvalue weighted by atomic mass is 9.88. The molecule has 0 amide bonds. The summed E-state index contributed by atoms with van der Waals surface area (Å²) in [5.41, 5.74) is 4.90. The fraction of sp³-hybridized carbons (Fsp3) is 0.379. The highest BCUT2D eigenvalue weighted by molar-refractivity contribution is 5.54. The van der Waals surface area contributed by atoms with Gasteiger partial charge in [0, 0.05) is 12.2 Å². The van der Waals surface area contributed by atoms with Gasteiger partial charge < -0.3 is 14.4 Å². The van der Waals surface area contributed by atoms with Crippen LogP contribution in [0.3, 0.4) is 0 Å². The molecule has 4 rings (SSSR count). The molecule has 3 aromatic carbocycles. The number of nitrogens with zero attached hydrogens (tertiary/aromatic N) is 2. The third-order valence-electron chi connectivity index (χ3n) is 6.85. The van der Waals surface area contributed by atoms with Gasteiger partial charge >= 0.3 is 0 Å². The molecular weight excluding hydrogens is 427 g/mol. The van der Waals surface area contributed by atoms with Gasteiger partial charge in [-0.3, -0.25) is 4.90 Å². The predicted octanol–water partition coefficient (Wildman–Crippen LogP) is 6.25. The zero-order chi connectivity index (χ0) is 24.1. The highest BCUT2D eigenvalue weighted by Gasteiger charge is 2.28. The molecule has 0 saturated carbocycles. The van der Waals surface area contributed by atoms with E-state index < -0.39 is 0 Å². The Labute approximate surface area is 202 Å². The van der Waals surface area contributed by atoms with Crippen molar-refractivity contribution in [2.75, 3.05) is 31.6 Å². The minimum absolute atomic E-state index is 0.0371. The summed E-state index contributed by atoms with van der Waals surface area (Å²) < 4.78 is 25.2. The zero-order valence-electron chi connectivity index (χ0n) is 20.6. The van der Waals surface area contributed by atoms with E-state index in [1.54, 1.807) is 19.2 Å². The van der Waals surface area contributed by atoms with Crippen LogP contribution in [0.1, 0.15) is 43.5 Å². The second-order valence-corrected chi connectivity index (χ2v) is 8.79. The summed E-state index contributed by atoms with van der Waals surface area (Å²) in [6.07, 6.45) is 1.81. The normalized spacial score (nSPS) is 16.3. The number of rotatable bonds is 9. The summed E-state index contributed by atoms with van der Waals surface area (Å²) in [5.74, 6) is 1.56. The van der Waals surface area contributed by atoms with Gasteiger partial charge in [0.15, 0.2) is 0 Å². The van der Waals surface area contributed by atoms with E-state index in [1.165, 1.54) is 16.7 Å². The topological polar surface area (TPSA) is 24.9 Å². The van der Waals surface area contributed by atoms with E-state index in [-0.39, 0.29) is 18.1 Å². The van der Waals surface area contributed by atoms with Crippen LogP contribution in [0.2, 0.25) is 0 Å². The summed E-state index contributed by atoms with van der Waals surface area (Å²) in [6, 6.07) is 21.8. The van der Waals surface area contributed by atoms with E-state index in [0.717, 1.165) is 49.7 Å². The molecule has 34 heavy (non-hydrogen) atoms. The summed E-state index contributed by atoms with van der Waals surface area (Å²) in [5, 5.41) is 0. The maximum atomic E-state index is 13.6. The fourth-order valence-corrected chi connectivity index (χ4v) is 4.91. The molecular formula is C29H35FN2O2. The SMILES string of the molecule is CCN(CC)C(C)Oc1ccc(CC2c3ccc(OC)cc3CCN2c2ccc(F)cc2)cc1. The van der Waals surface area contributed by atoms with Gasteiger partial charge in [0.2, 0.25) is 0 Å². The first-order valence-corrected chi connectivity index (χ1v) is 12.2. The molecule has 5 heteroatoms. The Morgan fingerprint density at radius 2 is 1.65 bits per heavy atom. The quantitative estimate of drug-likeness (QED) is 0.351. The lowest BCUT2D eigenvalue weighted by Gasteiger charge is -2.39. The van der Waals surface area contributed by atoms with Gasteiger partial charge in [-0.05, 0) is 98.1 Å². The Hall–Kier alpha value is -3.05. The van der Waals surface area contributed by atoms with Crippen LogP contribution in [0.15, 0.2) is 66.7 Å². The van der Waals surface area contributed by atoms with Crippen molar-refractivity contribution in [3.8, 4) is 11.5 Å². The van der Waals surface area contributed by atoms with Crippen LogP contribution in [-0.2, 0) is 12.8 Å². The van der Waals surface area contributed by atoms with Crippen molar-refractivity contribution >= 4 is 5.69 Å². The number of halogens is 1. The van der Waals surface area contributed by atoms with Crippen molar-refractivity contribution in [1.29, 1.82) is 0 Å². The van der Waals surface area contributed by atoms with E-state index in [2.05, 4.69) is 67.0 Å². The van der Waals surface area contributed by atoms with Crippen molar-refractivity contribution in [3.05, 3.63) is 89.2 Å². The van der Waals surface area contributed by atoms with Crippen molar-refractivity contribution in [2.24, 2.45) is 0 Å². The van der Waals surface area contributed by atoms with Crippen molar-refractivity contribution in [2.45, 2.75) is 45.9 Å². The Morgan fingerprint density at radius 1 is 0.971 bits per heavy atom. The van der Waals surface area contributed by atoms with Gasteiger partial charge in [0.05, 0.1) is 13.2 Å². The van der Waals surface area contributed by atoms with Crippen molar-refractivity contribution < 1.29 is 13.9 Å². The summed E-state index contributed by atoms with van der Waals surface area (Å²) >= 11 is 0. The second kappa shape index (κ2) is 10.9. The first-order valence-electron chi connectivity index (χ1n) is 12.2. The Kier molecular flexibility index (Phi) is 7.73. The number of benzene rings is 3. The highest BCUT2D eigenvalue weighted by Crippen LogP contribution is 2.37. The highest BCUT2D eigenvalue weighted by atomic mass is 19.1. The van der Waals surface area contributed by atoms with Crippen molar-refractivity contribution in [3.63, 3.8) is 0 Å². The predicted molar refractivity (Wildman–Crippen MR) is 136 cm³/mol. The van der Waals surface area contributed by atoms with E-state index >= 15 is 0 Å². The molecule has 0 radical (unpaired) electrons. The number of fused-ring (bicyclic) bond motifs is 1. The van der Waals surface area contributed by atoms with Gasteiger partial charge in [0.25, 0.3) is 0 Å². The molecule has 1 aliphatic rings. The summed E-state index contributed by atoms with van der Waals surface area (Å²) in [7, 11) is 1.71. The van der Waals surface area contributed by atoms with Gasteiger partial charge in [0.1, 0.15) is 23.5 Å². The van der Waals surface area contributed by atoms with Crippen LogP contribution in [-0.4, -0.2) is 37.9 Å². The van der Waals surface area contributed by atoms with E-state index in [1.807, 2.05) is 18.2 Å². The number of ether oxygens (including phenoxy) is 2. The zero-order valence-corrected chi connectivity index (χ0v) is 20.6. The largest absolute Gasteiger partial charge is 0.497 e. The third-order valence-corrected chi connectivity index (χ3v) is 6.85. The Balaban J connectivity index is 1.58. The number of hydrogen-bond donors (Lipinski definition) is 0. The van der Waals surface area contributed by atoms with E-state index in [0.29, 0.717) is 0 Å². The van der Waals surface area contributed by atoms with Gasteiger partial charge in [-0.15, -0.1) is 0 Å². The molecule has 0 spiro atoms. The molecule has 0 bridgehead atoms. The minimum atomic E-state index is -0.211. The van der Waals surface area contributed by atoms with Gasteiger partial charge in [-0.2, -0.15) is 0 Å². The molecule has 1 heterocycles. The maximum Gasteiger partial charge on any atom is 0.149 e. The maximum absolute atomic E-state index is 13.6. The number of hydrogen-bond acceptors (Lipinski definition) is 4. The van der Waals surface area contributed by atoms with Crippen LogP contribution < -0.4 is 14.4 Å². The van der Waals surface area contributed by atoms with E-state index in [4.69, 9.17) is 9.47 Å². The second-order valence-electron chi connectivity index (χ2n) is 8.79. The Morgan fingerprint density at radius 3 is 2.29 bits per heavy atom. The molecule has 4 nitrogen and oxygen atoms in total. The molecule has 0 aliphatic carbocycles. The van der Waals surface area contributed by atoms with Crippen LogP contribution >= 0.6 is 0 Å². The van der Waals surface area contributed by atoms with Crippen LogP contribution in [0, 0.1) is 5.82 Å². The number of methoxy groups -OCH3 is 1. The monoisotopic (exact) mass is 462 g/mol. The van der Waals surface area contributed by atoms with Gasteiger partial charge in [-0.1, -0.05) is 32.0 Å². The van der Waals surface area contributed by atoms with E-state index in [9.17, 15) is 4.39 Å². The van der Waals surface area contributed by atoms with Crippen LogP contribution in [0.4, 0.5) is 10.1 Å². The molecule has 1 aliphatic heterocycles. The molecule has 0 N–H and O–H groups in total. The molecule has 3 aromatic rings. The lowest BCUT2D eigenvalue weighted by Crippen LogP contribution is -2.37. The number of anilines is 1. The average Bonchev–Trinajstić information content (AvgIpc) is 2.86. The Bertz CT molecular complexity index is 1060. The standard InChI is InChI=1S/C29H35FN2O2/c1-5-31(6-2)21(3)34-26-13-7-22(8-14-26)19-29-28-16-15-27(33-4)20-23(28)17-18-32(29)25-11-9-24(30)10-12-25/h7-16,20-21,29H,5-6,17-19H2,1-4H3. The molecule has 180 valence electrons. The van der Waals surface area contributed by atoms with Crippen LogP contribution in [0.25, 0.3) is 0 Å². The summed E-state index contributed by atoms with van der Waals surface area (Å²) in [6.45, 7) is 9.18. The van der Waals surface area contributed by atoms with Crippen molar-refractivity contribution in [1.82, 2.24) is 4.90 Å². The lowest BCUT2D eigenvalue weighted by molar-refractivity contribution is 0.0480. The minimum Gasteiger partial charge on any atom is -0.497 e. The molecule has 0 saturated heterocycles. The molecule has 0 aromatic heterocycles. The molecule has 2 unspecified atom stereocenters. The average molecular weight is 463 g/mol. The van der Waals surface area contributed by atoms with Gasteiger partial charge in [-0.25, -0.2) is 4.39 Å².